The van der Waals surface area contributed by atoms with E-state index in [1.54, 1.807) is 0 Å². The lowest BCUT2D eigenvalue weighted by molar-refractivity contribution is 0.101. The number of ether oxygens (including phenoxy) is 1. The minimum atomic E-state index is -0.0805. The first-order valence-corrected chi connectivity index (χ1v) is 7.78. The van der Waals surface area contributed by atoms with Crippen molar-refractivity contribution < 1.29 is 9.84 Å². The minimum absolute atomic E-state index is 0.0805. The van der Waals surface area contributed by atoms with Crippen LogP contribution in [0.1, 0.15) is 45.1 Å². The molecule has 1 aliphatic rings. The van der Waals surface area contributed by atoms with Crippen molar-refractivity contribution in [1.82, 2.24) is 5.32 Å². The maximum atomic E-state index is 9.66. The largest absolute Gasteiger partial charge is 0.491 e. The lowest BCUT2D eigenvalue weighted by Gasteiger charge is -2.26. The Kier molecular flexibility index (Phi) is 5.86. The van der Waals surface area contributed by atoms with Crippen LogP contribution in [0.4, 0.5) is 0 Å². The average Bonchev–Trinajstić information content (AvgIpc) is 2.40. The second-order valence-corrected chi connectivity index (χ2v) is 6.13. The predicted octanol–water partition coefficient (Wildman–Crippen LogP) is 3.11. The van der Waals surface area contributed by atoms with E-state index in [0.717, 1.165) is 38.1 Å². The Morgan fingerprint density at radius 2 is 2.00 bits per heavy atom. The summed E-state index contributed by atoms with van der Waals surface area (Å²) in [4.78, 5) is 0. The maximum Gasteiger partial charge on any atom is 0.119 e. The number of hydrogen-bond donors (Lipinski definition) is 2. The summed E-state index contributed by atoms with van der Waals surface area (Å²) in [6.07, 6.45) is 4.47. The van der Waals surface area contributed by atoms with Gasteiger partial charge in [-0.3, -0.25) is 0 Å². The highest BCUT2D eigenvalue weighted by Gasteiger charge is 2.19. The van der Waals surface area contributed by atoms with Gasteiger partial charge in [0.05, 0.1) is 12.2 Å². The van der Waals surface area contributed by atoms with Gasteiger partial charge in [0.25, 0.3) is 0 Å². The summed E-state index contributed by atoms with van der Waals surface area (Å²) in [5, 5.41) is 13.2. The van der Waals surface area contributed by atoms with Crippen molar-refractivity contribution in [3.8, 4) is 5.75 Å². The van der Waals surface area contributed by atoms with E-state index in [1.165, 1.54) is 12.0 Å². The zero-order valence-electron chi connectivity index (χ0n) is 12.6. The van der Waals surface area contributed by atoms with Crippen LogP contribution in [-0.4, -0.2) is 23.9 Å². The van der Waals surface area contributed by atoms with Crippen LogP contribution in [0.25, 0.3) is 0 Å². The van der Waals surface area contributed by atoms with Gasteiger partial charge < -0.3 is 15.2 Å². The van der Waals surface area contributed by atoms with Crippen LogP contribution in [0.5, 0.6) is 5.75 Å². The summed E-state index contributed by atoms with van der Waals surface area (Å²) < 4.78 is 5.63. The summed E-state index contributed by atoms with van der Waals surface area (Å²) in [6, 6.07) is 8.28. The molecule has 1 fully saturated rings. The second-order valence-electron chi connectivity index (χ2n) is 6.13. The van der Waals surface area contributed by atoms with Crippen LogP contribution in [0.3, 0.4) is 0 Å². The van der Waals surface area contributed by atoms with Crippen LogP contribution in [0.15, 0.2) is 24.3 Å². The van der Waals surface area contributed by atoms with Crippen LogP contribution in [0.2, 0.25) is 0 Å². The molecular formula is C17H27NO2. The third kappa shape index (κ3) is 5.14. The topological polar surface area (TPSA) is 41.5 Å². The van der Waals surface area contributed by atoms with Crippen molar-refractivity contribution in [1.29, 1.82) is 0 Å². The van der Waals surface area contributed by atoms with Gasteiger partial charge in [-0.05, 0) is 63.3 Å². The Morgan fingerprint density at radius 1 is 1.25 bits per heavy atom. The molecule has 20 heavy (non-hydrogen) atoms. The SMILES string of the molecule is CC(C)Oc1ccc(CNCC2CCCC(O)C2)cc1. The first kappa shape index (κ1) is 15.3. The summed E-state index contributed by atoms with van der Waals surface area (Å²) >= 11 is 0. The lowest BCUT2D eigenvalue weighted by atomic mass is 9.87. The molecule has 2 atom stereocenters. The Morgan fingerprint density at radius 3 is 2.65 bits per heavy atom. The van der Waals surface area contributed by atoms with E-state index in [-0.39, 0.29) is 12.2 Å². The molecule has 1 aromatic rings. The van der Waals surface area contributed by atoms with Crippen molar-refractivity contribution >= 4 is 0 Å². The fourth-order valence-corrected chi connectivity index (χ4v) is 2.83. The predicted molar refractivity (Wildman–Crippen MR) is 81.9 cm³/mol. The summed E-state index contributed by atoms with van der Waals surface area (Å²) in [6.45, 7) is 5.96. The second kappa shape index (κ2) is 7.65. The Hall–Kier alpha value is -1.06. The first-order valence-electron chi connectivity index (χ1n) is 7.78. The Bertz CT molecular complexity index is 388. The molecule has 0 aromatic heterocycles. The number of rotatable bonds is 6. The number of benzene rings is 1. The van der Waals surface area contributed by atoms with E-state index >= 15 is 0 Å². The third-order valence-corrected chi connectivity index (χ3v) is 3.81. The molecule has 1 saturated carbocycles. The monoisotopic (exact) mass is 277 g/mol. The highest BCUT2D eigenvalue weighted by Crippen LogP contribution is 2.23. The smallest absolute Gasteiger partial charge is 0.119 e. The van der Waals surface area contributed by atoms with Crippen molar-refractivity contribution in [2.75, 3.05) is 6.54 Å². The van der Waals surface area contributed by atoms with Crippen LogP contribution in [0, 0.1) is 5.92 Å². The van der Waals surface area contributed by atoms with Gasteiger partial charge in [-0.25, -0.2) is 0 Å². The summed E-state index contributed by atoms with van der Waals surface area (Å²) in [5.41, 5.74) is 1.28. The van der Waals surface area contributed by atoms with E-state index in [9.17, 15) is 5.11 Å². The zero-order chi connectivity index (χ0) is 14.4. The standard InChI is InChI=1S/C17H27NO2/c1-13(2)20-17-8-6-14(7-9-17)11-18-12-15-4-3-5-16(19)10-15/h6-9,13,15-16,18-19H,3-5,10-12H2,1-2H3. The van der Waals surface area contributed by atoms with Crippen LogP contribution in [-0.2, 0) is 6.54 Å². The molecule has 0 aliphatic heterocycles. The number of nitrogens with one attached hydrogen (secondary N) is 1. The molecule has 0 radical (unpaired) electrons. The molecule has 2 unspecified atom stereocenters. The average molecular weight is 277 g/mol. The van der Waals surface area contributed by atoms with Crippen LogP contribution >= 0.6 is 0 Å². The minimum Gasteiger partial charge on any atom is -0.491 e. The molecule has 0 spiro atoms. The molecule has 0 amide bonds. The fraction of sp³-hybridized carbons (Fsp3) is 0.647. The van der Waals surface area contributed by atoms with Gasteiger partial charge in [-0.1, -0.05) is 18.6 Å². The van der Waals surface area contributed by atoms with E-state index in [1.807, 2.05) is 26.0 Å². The molecule has 3 nitrogen and oxygen atoms in total. The molecule has 0 heterocycles. The summed E-state index contributed by atoms with van der Waals surface area (Å²) in [7, 11) is 0. The molecule has 1 aromatic carbocycles. The van der Waals surface area contributed by atoms with Crippen LogP contribution < -0.4 is 10.1 Å². The summed E-state index contributed by atoms with van der Waals surface area (Å²) in [5.74, 6) is 1.56. The molecule has 0 saturated heterocycles. The number of aliphatic hydroxyl groups excluding tert-OH is 1. The van der Waals surface area contributed by atoms with E-state index in [2.05, 4.69) is 17.4 Å². The lowest BCUT2D eigenvalue weighted by Crippen LogP contribution is -2.28. The van der Waals surface area contributed by atoms with E-state index in [0.29, 0.717) is 5.92 Å². The van der Waals surface area contributed by atoms with Crippen molar-refractivity contribution in [2.24, 2.45) is 5.92 Å². The van der Waals surface area contributed by atoms with Gasteiger partial charge in [0.1, 0.15) is 5.75 Å². The Balaban J connectivity index is 1.71. The molecule has 2 N–H and O–H groups in total. The normalized spacial score (nSPS) is 23.0. The molecular weight excluding hydrogens is 250 g/mol. The van der Waals surface area contributed by atoms with Gasteiger partial charge in [-0.15, -0.1) is 0 Å². The third-order valence-electron chi connectivity index (χ3n) is 3.81. The van der Waals surface area contributed by atoms with Crippen molar-refractivity contribution in [2.45, 2.75) is 58.3 Å². The molecule has 0 bridgehead atoms. The van der Waals surface area contributed by atoms with Gasteiger partial charge in [0.2, 0.25) is 0 Å². The molecule has 1 aliphatic carbocycles. The Labute approximate surface area is 122 Å². The maximum absolute atomic E-state index is 9.66. The molecule has 112 valence electrons. The van der Waals surface area contributed by atoms with Gasteiger partial charge >= 0.3 is 0 Å². The van der Waals surface area contributed by atoms with Gasteiger partial charge in [-0.2, -0.15) is 0 Å². The number of hydrogen-bond acceptors (Lipinski definition) is 3. The number of aliphatic hydroxyl groups is 1. The first-order chi connectivity index (χ1) is 9.63. The highest BCUT2D eigenvalue weighted by atomic mass is 16.5. The highest BCUT2D eigenvalue weighted by molar-refractivity contribution is 5.27. The molecule has 2 rings (SSSR count). The van der Waals surface area contributed by atoms with Crippen molar-refractivity contribution in [3.05, 3.63) is 29.8 Å². The fourth-order valence-electron chi connectivity index (χ4n) is 2.83. The van der Waals surface area contributed by atoms with Crippen molar-refractivity contribution in [3.63, 3.8) is 0 Å². The quantitative estimate of drug-likeness (QED) is 0.839. The van der Waals surface area contributed by atoms with E-state index < -0.39 is 0 Å². The van der Waals surface area contributed by atoms with Gasteiger partial charge in [0.15, 0.2) is 0 Å². The zero-order valence-corrected chi connectivity index (χ0v) is 12.6. The van der Waals surface area contributed by atoms with E-state index in [4.69, 9.17) is 4.74 Å². The van der Waals surface area contributed by atoms with Gasteiger partial charge in [0, 0.05) is 6.54 Å². The molecule has 3 heteroatoms.